The molecular formula is C23H24N4O2S. The van der Waals surface area contributed by atoms with E-state index in [2.05, 4.69) is 10.3 Å². The molecule has 0 bridgehead atoms. The Bertz CT molecular complexity index is 1020. The maximum absolute atomic E-state index is 12.6. The fourth-order valence-electron chi connectivity index (χ4n) is 3.64. The van der Waals surface area contributed by atoms with Gasteiger partial charge in [-0.15, -0.1) is 0 Å². The van der Waals surface area contributed by atoms with E-state index in [1.54, 1.807) is 0 Å². The van der Waals surface area contributed by atoms with Gasteiger partial charge in [-0.2, -0.15) is 4.99 Å². The number of benzene rings is 2. The fraction of sp³-hybridized carbons (Fsp3) is 0.304. The zero-order valence-corrected chi connectivity index (χ0v) is 17.9. The van der Waals surface area contributed by atoms with Gasteiger partial charge < -0.3 is 5.32 Å². The number of fused-ring (bicyclic) bond motifs is 3. The molecular weight excluding hydrogens is 396 g/mol. The average Bonchev–Trinajstić information content (AvgIpc) is 3.10. The molecule has 1 unspecified atom stereocenters. The second-order valence-corrected chi connectivity index (χ2v) is 8.56. The van der Waals surface area contributed by atoms with Gasteiger partial charge in [0.15, 0.2) is 5.17 Å². The van der Waals surface area contributed by atoms with E-state index in [1.165, 1.54) is 17.3 Å². The van der Waals surface area contributed by atoms with Gasteiger partial charge >= 0.3 is 0 Å². The van der Waals surface area contributed by atoms with Crippen LogP contribution < -0.4 is 5.32 Å². The zero-order chi connectivity index (χ0) is 21.1. The highest BCUT2D eigenvalue weighted by molar-refractivity contribution is 8.14. The first-order valence-electron chi connectivity index (χ1n) is 10.1. The molecule has 0 aliphatic carbocycles. The molecule has 2 aliphatic rings. The molecule has 2 amide bonds. The topological polar surface area (TPSA) is 74.1 Å². The van der Waals surface area contributed by atoms with Gasteiger partial charge in [0.2, 0.25) is 5.91 Å². The quantitative estimate of drug-likeness (QED) is 0.777. The van der Waals surface area contributed by atoms with Crippen LogP contribution in [0.15, 0.2) is 64.6 Å². The van der Waals surface area contributed by atoms with E-state index in [0.29, 0.717) is 17.5 Å². The van der Waals surface area contributed by atoms with Crippen LogP contribution >= 0.6 is 11.8 Å². The normalized spacial score (nSPS) is 17.4. The van der Waals surface area contributed by atoms with Crippen LogP contribution in [0.5, 0.6) is 0 Å². The molecule has 2 aliphatic heterocycles. The van der Waals surface area contributed by atoms with Gasteiger partial charge in [0.05, 0.1) is 11.4 Å². The van der Waals surface area contributed by atoms with Crippen molar-refractivity contribution in [1.82, 2.24) is 10.2 Å². The summed E-state index contributed by atoms with van der Waals surface area (Å²) in [6.45, 7) is 4.59. The number of carbonyl (C=O) groups excluding carboxylic acids is 2. The molecule has 1 N–H and O–H groups in total. The number of amidine groups is 2. The predicted molar refractivity (Wildman–Crippen MR) is 121 cm³/mol. The van der Waals surface area contributed by atoms with Crippen LogP contribution in [-0.2, 0) is 16.0 Å². The van der Waals surface area contributed by atoms with Gasteiger partial charge in [0, 0.05) is 12.1 Å². The summed E-state index contributed by atoms with van der Waals surface area (Å²) in [7, 11) is 0. The molecule has 2 aromatic rings. The van der Waals surface area contributed by atoms with Crippen LogP contribution in [0.25, 0.3) is 0 Å². The first kappa shape index (κ1) is 20.3. The lowest BCUT2D eigenvalue weighted by atomic mass is 10.0. The highest BCUT2D eigenvalue weighted by atomic mass is 32.2. The number of hydrogen-bond acceptors (Lipinski definition) is 5. The van der Waals surface area contributed by atoms with E-state index in [-0.39, 0.29) is 29.5 Å². The smallest absolute Gasteiger partial charge is 0.271 e. The first-order valence-corrected chi connectivity index (χ1v) is 11.1. The standard InChI is InChI=1S/C23H24N4O2S/c1-15(2)20-22(29)26-21-17-10-6-7-11-18(17)25-23(27(20)21)30-14-19(28)24-13-12-16-8-4-3-5-9-16/h3-11,15,20H,12-14H2,1-2H3,(H,24,28). The van der Waals surface area contributed by atoms with E-state index < -0.39 is 0 Å². The van der Waals surface area contributed by atoms with E-state index in [1.807, 2.05) is 73.3 Å². The molecule has 0 radical (unpaired) electrons. The van der Waals surface area contributed by atoms with Crippen molar-refractivity contribution < 1.29 is 9.59 Å². The van der Waals surface area contributed by atoms with Crippen molar-refractivity contribution in [3.8, 4) is 0 Å². The summed E-state index contributed by atoms with van der Waals surface area (Å²) in [5.74, 6) is 0.740. The number of thioether (sulfide) groups is 1. The highest BCUT2D eigenvalue weighted by Crippen LogP contribution is 2.35. The fourth-order valence-corrected chi connectivity index (χ4v) is 4.50. The van der Waals surface area contributed by atoms with Gasteiger partial charge in [-0.05, 0) is 30.0 Å². The number of amides is 2. The number of carbonyl (C=O) groups is 2. The molecule has 7 heteroatoms. The third-order valence-corrected chi connectivity index (χ3v) is 6.04. The second-order valence-electron chi connectivity index (χ2n) is 7.62. The lowest BCUT2D eigenvalue weighted by Crippen LogP contribution is -2.46. The molecule has 30 heavy (non-hydrogen) atoms. The van der Waals surface area contributed by atoms with Crippen molar-refractivity contribution in [3.05, 3.63) is 65.7 Å². The maximum atomic E-state index is 12.6. The van der Waals surface area contributed by atoms with Crippen molar-refractivity contribution in [2.24, 2.45) is 15.9 Å². The Kier molecular flexibility index (Phi) is 5.99. The van der Waals surface area contributed by atoms with Crippen molar-refractivity contribution >= 4 is 40.3 Å². The molecule has 1 atom stereocenters. The number of nitrogens with zero attached hydrogens (tertiary/aromatic N) is 3. The van der Waals surface area contributed by atoms with Crippen LogP contribution in [0.2, 0.25) is 0 Å². The van der Waals surface area contributed by atoms with Gasteiger partial charge in [-0.1, -0.05) is 68.1 Å². The monoisotopic (exact) mass is 420 g/mol. The van der Waals surface area contributed by atoms with Crippen LogP contribution in [0.3, 0.4) is 0 Å². The Hall–Kier alpha value is -2.93. The number of hydrogen-bond donors (Lipinski definition) is 1. The molecule has 0 aromatic heterocycles. The van der Waals surface area contributed by atoms with Gasteiger partial charge in [-0.25, -0.2) is 4.99 Å². The van der Waals surface area contributed by atoms with Crippen molar-refractivity contribution in [3.63, 3.8) is 0 Å². The third-order valence-electron chi connectivity index (χ3n) is 5.09. The third kappa shape index (κ3) is 4.16. The van der Waals surface area contributed by atoms with E-state index in [9.17, 15) is 9.59 Å². The summed E-state index contributed by atoms with van der Waals surface area (Å²) in [5, 5.41) is 3.61. The number of aliphatic imine (C=N–C) groups is 2. The molecule has 0 fully saturated rings. The Morgan fingerprint density at radius 3 is 2.60 bits per heavy atom. The van der Waals surface area contributed by atoms with Gasteiger partial charge in [-0.3, -0.25) is 14.5 Å². The van der Waals surface area contributed by atoms with Crippen LogP contribution in [0.4, 0.5) is 5.69 Å². The molecule has 4 rings (SSSR count). The lowest BCUT2D eigenvalue weighted by Gasteiger charge is -2.32. The summed E-state index contributed by atoms with van der Waals surface area (Å²) in [6.07, 6.45) is 0.790. The summed E-state index contributed by atoms with van der Waals surface area (Å²) in [5.41, 5.74) is 2.82. The molecule has 0 spiro atoms. The average molecular weight is 421 g/mol. The Balaban J connectivity index is 1.44. The largest absolute Gasteiger partial charge is 0.355 e. The highest BCUT2D eigenvalue weighted by Gasteiger charge is 2.43. The minimum atomic E-state index is -0.388. The van der Waals surface area contributed by atoms with Crippen LogP contribution in [-0.4, -0.2) is 46.1 Å². The van der Waals surface area contributed by atoms with Crippen LogP contribution in [0, 0.1) is 5.92 Å². The van der Waals surface area contributed by atoms with Gasteiger partial charge in [0.25, 0.3) is 5.91 Å². The lowest BCUT2D eigenvalue weighted by molar-refractivity contribution is -0.120. The molecule has 0 saturated carbocycles. The predicted octanol–water partition coefficient (Wildman–Crippen LogP) is 3.39. The Labute approximate surface area is 180 Å². The van der Waals surface area contributed by atoms with E-state index in [0.717, 1.165) is 17.7 Å². The molecule has 2 aromatic carbocycles. The molecule has 0 saturated heterocycles. The minimum absolute atomic E-state index is 0.0531. The zero-order valence-electron chi connectivity index (χ0n) is 17.0. The van der Waals surface area contributed by atoms with Crippen molar-refractivity contribution in [1.29, 1.82) is 0 Å². The number of para-hydroxylation sites is 1. The summed E-state index contributed by atoms with van der Waals surface area (Å²) in [4.78, 5) is 35.9. The maximum Gasteiger partial charge on any atom is 0.271 e. The molecule has 154 valence electrons. The summed E-state index contributed by atoms with van der Waals surface area (Å²) < 4.78 is 0. The van der Waals surface area contributed by atoms with Crippen molar-refractivity contribution in [2.45, 2.75) is 26.3 Å². The Morgan fingerprint density at radius 1 is 1.10 bits per heavy atom. The second kappa shape index (κ2) is 8.83. The SMILES string of the molecule is CC(C)C1C(=O)N=C2c3ccccc3N=C(SCC(=O)NCCc3ccccc3)N21. The first-order chi connectivity index (χ1) is 14.5. The summed E-state index contributed by atoms with van der Waals surface area (Å²) >= 11 is 1.35. The Morgan fingerprint density at radius 2 is 1.83 bits per heavy atom. The molecule has 2 heterocycles. The number of rotatable bonds is 6. The summed E-state index contributed by atoms with van der Waals surface area (Å²) in [6, 6.07) is 17.3. The van der Waals surface area contributed by atoms with Gasteiger partial charge in [0.1, 0.15) is 11.9 Å². The van der Waals surface area contributed by atoms with E-state index in [4.69, 9.17) is 4.99 Å². The van der Waals surface area contributed by atoms with E-state index >= 15 is 0 Å². The van der Waals surface area contributed by atoms with Crippen LogP contribution in [0.1, 0.15) is 25.0 Å². The molecule has 6 nitrogen and oxygen atoms in total. The number of nitrogens with one attached hydrogen (secondary N) is 1. The van der Waals surface area contributed by atoms with Crippen molar-refractivity contribution in [2.75, 3.05) is 12.3 Å². The minimum Gasteiger partial charge on any atom is -0.355 e.